The zero-order chi connectivity index (χ0) is 32.4. The molecule has 0 unspecified atom stereocenters. The van der Waals surface area contributed by atoms with Crippen molar-refractivity contribution in [3.8, 4) is 16.9 Å². The number of nitrogen functional groups attached to an aromatic ring is 1. The van der Waals surface area contributed by atoms with Crippen molar-refractivity contribution in [2.24, 2.45) is 7.05 Å². The number of anilines is 2. The summed E-state index contributed by atoms with van der Waals surface area (Å²) in [7, 11) is -0.394. The van der Waals surface area contributed by atoms with E-state index in [-0.39, 0.29) is 17.4 Å². The van der Waals surface area contributed by atoms with Gasteiger partial charge < -0.3 is 20.4 Å². The van der Waals surface area contributed by atoms with Gasteiger partial charge in [-0.05, 0) is 60.7 Å². The predicted molar refractivity (Wildman–Crippen MR) is 185 cm³/mol. The smallest absolute Gasteiger partial charge is 0.296 e. The molecule has 0 aliphatic rings. The molecule has 0 bridgehead atoms. The Morgan fingerprint density at radius 2 is 1.87 bits per heavy atom. The van der Waals surface area contributed by atoms with E-state index < -0.39 is 10.1 Å². The third kappa shape index (κ3) is 6.12. The molecule has 3 heterocycles. The summed E-state index contributed by atoms with van der Waals surface area (Å²) < 4.78 is 38.6. The van der Waals surface area contributed by atoms with Crippen LogP contribution in [0.25, 0.3) is 38.2 Å². The van der Waals surface area contributed by atoms with Crippen molar-refractivity contribution in [3.05, 3.63) is 107 Å². The molecule has 0 atom stereocenters. The molecular formula is C35H32N4O5S2. The Morgan fingerprint density at radius 1 is 1.09 bits per heavy atom. The second kappa shape index (κ2) is 12.8. The lowest BCUT2D eigenvalue weighted by molar-refractivity contribution is 0.101. The van der Waals surface area contributed by atoms with E-state index in [1.165, 1.54) is 23.5 Å². The summed E-state index contributed by atoms with van der Waals surface area (Å²) in [6.07, 6.45) is 5.83. The molecule has 3 aromatic carbocycles. The van der Waals surface area contributed by atoms with Crippen molar-refractivity contribution >= 4 is 65.9 Å². The lowest BCUT2D eigenvalue weighted by atomic mass is 10.0. The number of nitrogens with two attached hydrogens (primary N) is 1. The largest absolute Gasteiger partial charge is 0.495 e. The van der Waals surface area contributed by atoms with Crippen LogP contribution < -0.4 is 15.8 Å². The van der Waals surface area contributed by atoms with Crippen molar-refractivity contribution in [1.82, 2.24) is 9.55 Å². The van der Waals surface area contributed by atoms with E-state index >= 15 is 0 Å². The van der Waals surface area contributed by atoms with Gasteiger partial charge in [-0.1, -0.05) is 54.1 Å². The molecule has 0 aliphatic heterocycles. The van der Waals surface area contributed by atoms with Crippen molar-refractivity contribution in [2.45, 2.75) is 18.2 Å². The fraction of sp³-hybridized carbons (Fsp3) is 0.143. The molecule has 9 nitrogen and oxygen atoms in total. The van der Waals surface area contributed by atoms with Crippen LogP contribution in [0.1, 0.15) is 28.0 Å². The molecule has 0 saturated carbocycles. The predicted octanol–water partition coefficient (Wildman–Crippen LogP) is 7.42. The minimum Gasteiger partial charge on any atom is -0.495 e. The lowest BCUT2D eigenvalue weighted by Gasteiger charge is -2.13. The van der Waals surface area contributed by atoms with Gasteiger partial charge in [-0.25, -0.2) is 4.98 Å². The molecule has 6 rings (SSSR count). The number of benzene rings is 3. The number of nitrogens with zero attached hydrogens (tertiary/aromatic N) is 2. The zero-order valence-corrected chi connectivity index (χ0v) is 27.1. The molecule has 0 spiro atoms. The number of amides is 1. The molecule has 3 N–H and O–H groups in total. The Hall–Kier alpha value is -4.97. The highest BCUT2D eigenvalue weighted by atomic mass is 32.2. The molecule has 3 aromatic heterocycles. The van der Waals surface area contributed by atoms with E-state index in [1.54, 1.807) is 25.4 Å². The topological polar surface area (TPSA) is 126 Å². The van der Waals surface area contributed by atoms with E-state index in [2.05, 4.69) is 10.3 Å². The number of methoxy groups -OCH3 is 1. The number of aryl methyl sites for hydroxylation is 2. The Morgan fingerprint density at radius 3 is 2.63 bits per heavy atom. The first kappa shape index (κ1) is 31.0. The normalized spacial score (nSPS) is 11.9. The third-order valence-electron chi connectivity index (χ3n) is 7.73. The second-order valence-electron chi connectivity index (χ2n) is 10.7. The maximum Gasteiger partial charge on any atom is 0.296 e. The first-order valence-electron chi connectivity index (χ1n) is 14.5. The molecule has 0 fully saturated rings. The minimum atomic E-state index is -3.82. The highest BCUT2D eigenvalue weighted by Crippen LogP contribution is 2.41. The summed E-state index contributed by atoms with van der Waals surface area (Å²) in [6, 6.07) is 21.9. The summed E-state index contributed by atoms with van der Waals surface area (Å²) >= 11 is 1.53. The molecule has 0 aliphatic carbocycles. The summed E-state index contributed by atoms with van der Waals surface area (Å²) in [5.74, 6) is 0.656. The molecule has 6 aromatic rings. The van der Waals surface area contributed by atoms with Gasteiger partial charge in [0.2, 0.25) is 0 Å². The summed E-state index contributed by atoms with van der Waals surface area (Å²) in [5.41, 5.74) is 12.0. The number of aromatic nitrogens is 2. The number of nitrogens with one attached hydrogen (secondary N) is 1. The summed E-state index contributed by atoms with van der Waals surface area (Å²) in [6.45, 7) is 1.90. The Labute approximate surface area is 271 Å². The van der Waals surface area contributed by atoms with Crippen LogP contribution in [0.4, 0.5) is 11.5 Å². The molecule has 0 radical (unpaired) electrons. The number of fused-ring (bicyclic) bond motifs is 2. The Kier molecular flexibility index (Phi) is 8.63. The number of para-hydroxylation sites is 1. The quantitative estimate of drug-likeness (QED) is 0.117. The lowest BCUT2D eigenvalue weighted by Crippen LogP contribution is -2.16. The number of carbonyl (C=O) groups is 1. The molecule has 11 heteroatoms. The monoisotopic (exact) mass is 652 g/mol. The maximum absolute atomic E-state index is 13.2. The second-order valence-corrected chi connectivity index (χ2v) is 13.2. The van der Waals surface area contributed by atoms with Crippen LogP contribution in [-0.2, 0) is 21.3 Å². The van der Waals surface area contributed by atoms with Gasteiger partial charge in [0.25, 0.3) is 16.0 Å². The van der Waals surface area contributed by atoms with Gasteiger partial charge in [-0.15, -0.1) is 11.3 Å². The summed E-state index contributed by atoms with van der Waals surface area (Å²) in [4.78, 5) is 17.8. The number of ether oxygens (including phenoxy) is 1. The van der Waals surface area contributed by atoms with Crippen molar-refractivity contribution in [1.29, 1.82) is 0 Å². The number of carbonyl (C=O) groups excluding carboxylic acids is 1. The zero-order valence-electron chi connectivity index (χ0n) is 25.5. The fourth-order valence-corrected chi connectivity index (χ4v) is 7.28. The molecule has 1 amide bonds. The van der Waals surface area contributed by atoms with Crippen LogP contribution in [0.15, 0.2) is 95.3 Å². The maximum atomic E-state index is 13.2. The third-order valence-corrected chi connectivity index (χ3v) is 10.1. The number of rotatable bonds is 10. The standard InChI is InChI=1S/C35H32N4O5S2/c1-22-11-14-26(15-12-22)46(41,42)44-17-7-6-9-25-20-37-34(36)32-27(21-45-33(25)32)23-13-16-28(31(19-23)43-3)38-35(40)30-18-24-8-4-5-10-29(24)39(30)2/h4-6,8-16,18-21H,7,17H2,1-3H3,(H2,36,37)(H,38,40)/b9-6+. The van der Waals surface area contributed by atoms with Crippen LogP contribution >= 0.6 is 11.3 Å². The van der Waals surface area contributed by atoms with E-state index in [0.29, 0.717) is 29.4 Å². The first-order chi connectivity index (χ1) is 22.2. The molecule has 46 heavy (non-hydrogen) atoms. The van der Waals surface area contributed by atoms with E-state index in [0.717, 1.165) is 43.2 Å². The van der Waals surface area contributed by atoms with Gasteiger partial charge in [0.15, 0.2) is 0 Å². The van der Waals surface area contributed by atoms with E-state index in [4.69, 9.17) is 14.7 Å². The number of hydrogen-bond acceptors (Lipinski definition) is 8. The highest BCUT2D eigenvalue weighted by Gasteiger charge is 2.18. The van der Waals surface area contributed by atoms with Gasteiger partial charge in [-0.2, -0.15) is 8.42 Å². The summed E-state index contributed by atoms with van der Waals surface area (Å²) in [5, 5.41) is 6.79. The van der Waals surface area contributed by atoms with E-state index in [9.17, 15) is 13.2 Å². The average molecular weight is 653 g/mol. The van der Waals surface area contributed by atoms with Crippen molar-refractivity contribution in [3.63, 3.8) is 0 Å². The number of hydrogen-bond donors (Lipinski definition) is 2. The molecular weight excluding hydrogens is 621 g/mol. The molecule has 0 saturated heterocycles. The van der Waals surface area contributed by atoms with Crippen LogP contribution in [-0.4, -0.2) is 37.6 Å². The van der Waals surface area contributed by atoms with E-state index in [1.807, 2.05) is 84.6 Å². The van der Waals surface area contributed by atoms with Crippen LogP contribution in [0, 0.1) is 6.92 Å². The SMILES string of the molecule is COc1cc(-c2csc3c(/C=C/CCOS(=O)(=O)c4ccc(C)cc4)cnc(N)c23)ccc1NC(=O)c1cc2ccccc2n1C. The molecule has 234 valence electrons. The van der Waals surface area contributed by atoms with Crippen molar-refractivity contribution in [2.75, 3.05) is 24.8 Å². The highest BCUT2D eigenvalue weighted by molar-refractivity contribution is 7.86. The van der Waals surface area contributed by atoms with Gasteiger partial charge in [0, 0.05) is 45.4 Å². The van der Waals surface area contributed by atoms with Gasteiger partial charge >= 0.3 is 0 Å². The fourth-order valence-electron chi connectivity index (χ4n) is 5.28. The van der Waals surface area contributed by atoms with Gasteiger partial charge in [-0.3, -0.25) is 8.98 Å². The van der Waals surface area contributed by atoms with Crippen LogP contribution in [0.2, 0.25) is 0 Å². The minimum absolute atomic E-state index is 0.0110. The van der Waals surface area contributed by atoms with Crippen LogP contribution in [0.3, 0.4) is 0 Å². The van der Waals surface area contributed by atoms with Crippen LogP contribution in [0.5, 0.6) is 5.75 Å². The van der Waals surface area contributed by atoms with Gasteiger partial charge in [0.05, 0.1) is 24.3 Å². The average Bonchev–Trinajstić information content (AvgIpc) is 3.65. The number of thiophene rings is 1. The van der Waals surface area contributed by atoms with Gasteiger partial charge in [0.1, 0.15) is 17.3 Å². The number of pyridine rings is 1. The Balaban J connectivity index is 1.19. The Bertz CT molecular complexity index is 2220. The van der Waals surface area contributed by atoms with Crippen molar-refractivity contribution < 1.29 is 22.1 Å². The first-order valence-corrected chi connectivity index (χ1v) is 16.8.